The van der Waals surface area contributed by atoms with Gasteiger partial charge in [-0.3, -0.25) is 0 Å². The first-order chi connectivity index (χ1) is 9.24. The van der Waals surface area contributed by atoms with Crippen molar-refractivity contribution in [1.82, 2.24) is 4.98 Å². The number of halogens is 1. The standard InChI is InChI=1S/C16H15ClN2/c1-11(14-4-2-3-5-15(14)17)19-13-6-7-16-12(10-13)8-9-18-16/h2-11,18-19H,1H3. The molecule has 3 heteroatoms. The SMILES string of the molecule is CC(Nc1ccc2[nH]ccc2c1)c1ccccc1Cl. The Morgan fingerprint density at radius 2 is 1.95 bits per heavy atom. The van der Waals surface area contributed by atoms with E-state index in [1.54, 1.807) is 0 Å². The molecule has 1 heterocycles. The van der Waals surface area contributed by atoms with E-state index in [0.717, 1.165) is 21.8 Å². The van der Waals surface area contributed by atoms with E-state index in [2.05, 4.69) is 47.6 Å². The molecule has 0 fully saturated rings. The van der Waals surface area contributed by atoms with Gasteiger partial charge in [0, 0.05) is 33.9 Å². The van der Waals surface area contributed by atoms with Crippen LogP contribution in [0.2, 0.25) is 5.02 Å². The summed E-state index contributed by atoms with van der Waals surface area (Å²) in [6.45, 7) is 2.11. The Morgan fingerprint density at radius 1 is 1.11 bits per heavy atom. The molecular formula is C16H15ClN2. The molecule has 0 aliphatic heterocycles. The van der Waals surface area contributed by atoms with Gasteiger partial charge in [0.25, 0.3) is 0 Å². The van der Waals surface area contributed by atoms with Crippen LogP contribution in [0.5, 0.6) is 0 Å². The molecule has 3 aromatic rings. The van der Waals surface area contributed by atoms with Gasteiger partial charge in [0.1, 0.15) is 0 Å². The molecule has 19 heavy (non-hydrogen) atoms. The fourth-order valence-electron chi connectivity index (χ4n) is 2.30. The molecule has 0 aliphatic carbocycles. The van der Waals surface area contributed by atoms with Crippen molar-refractivity contribution in [3.63, 3.8) is 0 Å². The quantitative estimate of drug-likeness (QED) is 0.689. The smallest absolute Gasteiger partial charge is 0.0500 e. The lowest BCUT2D eigenvalue weighted by atomic mass is 10.1. The van der Waals surface area contributed by atoms with E-state index in [9.17, 15) is 0 Å². The molecule has 2 N–H and O–H groups in total. The van der Waals surface area contributed by atoms with E-state index in [1.807, 2.05) is 24.4 Å². The molecule has 0 radical (unpaired) electrons. The van der Waals surface area contributed by atoms with E-state index < -0.39 is 0 Å². The van der Waals surface area contributed by atoms with Crippen LogP contribution in [0.3, 0.4) is 0 Å². The lowest BCUT2D eigenvalue weighted by molar-refractivity contribution is 0.885. The highest BCUT2D eigenvalue weighted by molar-refractivity contribution is 6.31. The molecule has 0 saturated heterocycles. The molecule has 0 aliphatic rings. The lowest BCUT2D eigenvalue weighted by Gasteiger charge is -2.17. The van der Waals surface area contributed by atoms with Gasteiger partial charge >= 0.3 is 0 Å². The average Bonchev–Trinajstić information content (AvgIpc) is 2.86. The maximum atomic E-state index is 6.22. The molecule has 1 aromatic heterocycles. The van der Waals surface area contributed by atoms with Crippen molar-refractivity contribution in [1.29, 1.82) is 0 Å². The number of hydrogen-bond donors (Lipinski definition) is 2. The summed E-state index contributed by atoms with van der Waals surface area (Å²) in [7, 11) is 0. The van der Waals surface area contributed by atoms with Crippen LogP contribution in [-0.4, -0.2) is 4.98 Å². The molecule has 0 bridgehead atoms. The van der Waals surface area contributed by atoms with Crippen LogP contribution in [0.4, 0.5) is 5.69 Å². The zero-order chi connectivity index (χ0) is 13.2. The van der Waals surface area contributed by atoms with Crippen molar-refractivity contribution < 1.29 is 0 Å². The predicted molar refractivity (Wildman–Crippen MR) is 81.8 cm³/mol. The average molecular weight is 271 g/mol. The van der Waals surface area contributed by atoms with Crippen LogP contribution in [0.1, 0.15) is 18.5 Å². The summed E-state index contributed by atoms with van der Waals surface area (Å²) >= 11 is 6.22. The van der Waals surface area contributed by atoms with Crippen molar-refractivity contribution in [2.45, 2.75) is 13.0 Å². The summed E-state index contributed by atoms with van der Waals surface area (Å²) in [6, 6.07) is 16.5. The Morgan fingerprint density at radius 3 is 2.79 bits per heavy atom. The fourth-order valence-corrected chi connectivity index (χ4v) is 2.60. The maximum Gasteiger partial charge on any atom is 0.0500 e. The van der Waals surface area contributed by atoms with Crippen LogP contribution >= 0.6 is 11.6 Å². The van der Waals surface area contributed by atoms with Crippen molar-refractivity contribution in [2.75, 3.05) is 5.32 Å². The minimum Gasteiger partial charge on any atom is -0.378 e. The van der Waals surface area contributed by atoms with Gasteiger partial charge in [-0.2, -0.15) is 0 Å². The Hall–Kier alpha value is -1.93. The number of aromatic nitrogens is 1. The van der Waals surface area contributed by atoms with Crippen molar-refractivity contribution in [2.24, 2.45) is 0 Å². The normalized spacial score (nSPS) is 12.5. The van der Waals surface area contributed by atoms with Crippen molar-refractivity contribution in [3.8, 4) is 0 Å². The van der Waals surface area contributed by atoms with Crippen molar-refractivity contribution >= 4 is 28.2 Å². The van der Waals surface area contributed by atoms with Gasteiger partial charge in [0.15, 0.2) is 0 Å². The highest BCUT2D eigenvalue weighted by Crippen LogP contribution is 2.27. The molecule has 0 spiro atoms. The summed E-state index contributed by atoms with van der Waals surface area (Å²) in [4.78, 5) is 3.19. The van der Waals surface area contributed by atoms with Gasteiger partial charge < -0.3 is 10.3 Å². The summed E-state index contributed by atoms with van der Waals surface area (Å²) in [5.74, 6) is 0. The van der Waals surface area contributed by atoms with E-state index in [4.69, 9.17) is 11.6 Å². The summed E-state index contributed by atoms with van der Waals surface area (Å²) < 4.78 is 0. The van der Waals surface area contributed by atoms with Gasteiger partial charge in [0.2, 0.25) is 0 Å². The first-order valence-electron chi connectivity index (χ1n) is 6.32. The largest absolute Gasteiger partial charge is 0.378 e. The lowest BCUT2D eigenvalue weighted by Crippen LogP contribution is -2.06. The number of H-pyrrole nitrogens is 1. The zero-order valence-corrected chi connectivity index (χ0v) is 11.4. The maximum absolute atomic E-state index is 6.22. The minimum absolute atomic E-state index is 0.171. The molecule has 96 valence electrons. The van der Waals surface area contributed by atoms with Crippen LogP contribution in [0, 0.1) is 0 Å². The summed E-state index contributed by atoms with van der Waals surface area (Å²) in [6.07, 6.45) is 1.95. The molecular weight excluding hydrogens is 256 g/mol. The zero-order valence-electron chi connectivity index (χ0n) is 10.7. The third-order valence-electron chi connectivity index (χ3n) is 3.31. The minimum atomic E-state index is 0.171. The van der Waals surface area contributed by atoms with Crippen molar-refractivity contribution in [3.05, 3.63) is 65.3 Å². The summed E-state index contributed by atoms with van der Waals surface area (Å²) in [5, 5.41) is 5.48. The van der Waals surface area contributed by atoms with Crippen LogP contribution in [-0.2, 0) is 0 Å². The highest BCUT2D eigenvalue weighted by Gasteiger charge is 2.09. The monoisotopic (exact) mass is 270 g/mol. The third kappa shape index (κ3) is 2.45. The van der Waals surface area contributed by atoms with Gasteiger partial charge in [-0.15, -0.1) is 0 Å². The Kier molecular flexibility index (Phi) is 3.18. The number of rotatable bonds is 3. The van der Waals surface area contributed by atoms with E-state index >= 15 is 0 Å². The van der Waals surface area contributed by atoms with Gasteiger partial charge in [-0.25, -0.2) is 0 Å². The number of aromatic amines is 1. The van der Waals surface area contributed by atoms with E-state index in [-0.39, 0.29) is 6.04 Å². The fraction of sp³-hybridized carbons (Fsp3) is 0.125. The van der Waals surface area contributed by atoms with Crippen LogP contribution in [0.15, 0.2) is 54.7 Å². The summed E-state index contributed by atoms with van der Waals surface area (Å²) in [5.41, 5.74) is 3.36. The second-order valence-electron chi connectivity index (χ2n) is 4.67. The molecule has 1 unspecified atom stereocenters. The topological polar surface area (TPSA) is 27.8 Å². The molecule has 1 atom stereocenters. The number of hydrogen-bond acceptors (Lipinski definition) is 1. The third-order valence-corrected chi connectivity index (χ3v) is 3.65. The van der Waals surface area contributed by atoms with E-state index in [0.29, 0.717) is 0 Å². The van der Waals surface area contributed by atoms with Crippen LogP contribution in [0.25, 0.3) is 10.9 Å². The van der Waals surface area contributed by atoms with Gasteiger partial charge in [0.05, 0.1) is 0 Å². The molecule has 0 amide bonds. The van der Waals surface area contributed by atoms with Crippen LogP contribution < -0.4 is 5.32 Å². The number of fused-ring (bicyclic) bond motifs is 1. The first kappa shape index (κ1) is 12.1. The van der Waals surface area contributed by atoms with Gasteiger partial charge in [-0.1, -0.05) is 29.8 Å². The predicted octanol–water partition coefficient (Wildman–Crippen LogP) is 4.99. The Labute approximate surface area is 117 Å². The number of anilines is 1. The second kappa shape index (κ2) is 4.98. The number of nitrogens with one attached hydrogen (secondary N) is 2. The number of benzene rings is 2. The van der Waals surface area contributed by atoms with Gasteiger partial charge in [-0.05, 0) is 42.8 Å². The first-order valence-corrected chi connectivity index (χ1v) is 6.70. The second-order valence-corrected chi connectivity index (χ2v) is 5.07. The molecule has 3 rings (SSSR count). The molecule has 2 aromatic carbocycles. The van der Waals surface area contributed by atoms with E-state index in [1.165, 1.54) is 5.39 Å². The highest BCUT2D eigenvalue weighted by atomic mass is 35.5. The Balaban J connectivity index is 1.86. The Bertz CT molecular complexity index is 703. The molecule has 2 nitrogen and oxygen atoms in total. The molecule has 0 saturated carbocycles.